The van der Waals surface area contributed by atoms with Crippen LogP contribution in [0, 0.1) is 6.92 Å². The predicted octanol–water partition coefficient (Wildman–Crippen LogP) is 3.07. The summed E-state index contributed by atoms with van der Waals surface area (Å²) in [5.74, 6) is 0. The number of H-pyrrole nitrogens is 1. The number of nitrogens with one attached hydrogen (secondary N) is 1. The van der Waals surface area contributed by atoms with Crippen molar-refractivity contribution in [2.45, 2.75) is 6.92 Å². The number of hydrogen-bond donors (Lipinski definition) is 1. The molecule has 1 aromatic carbocycles. The molecule has 3 nitrogen and oxygen atoms in total. The Morgan fingerprint density at radius 2 is 2.13 bits per heavy atom. The topological polar surface area (TPSA) is 41.6 Å². The van der Waals surface area contributed by atoms with Crippen molar-refractivity contribution in [3.63, 3.8) is 0 Å². The van der Waals surface area contributed by atoms with E-state index in [-0.39, 0.29) is 0 Å². The molecule has 1 N–H and O–H groups in total. The van der Waals surface area contributed by atoms with Gasteiger partial charge in [0.2, 0.25) is 0 Å². The Morgan fingerprint density at radius 1 is 1.27 bits per heavy atom. The van der Waals surface area contributed by atoms with Crippen molar-refractivity contribution in [3.05, 3.63) is 35.2 Å². The van der Waals surface area contributed by atoms with Gasteiger partial charge >= 0.3 is 0 Å². The van der Waals surface area contributed by atoms with Gasteiger partial charge in [0, 0.05) is 10.9 Å². The average Bonchev–Trinajstić information content (AvgIpc) is 2.57. The molecule has 0 aliphatic heterocycles. The van der Waals surface area contributed by atoms with Crippen LogP contribution in [0.15, 0.2) is 24.5 Å². The molecule has 0 bridgehead atoms. The molecule has 4 heteroatoms. The van der Waals surface area contributed by atoms with Crippen molar-refractivity contribution >= 4 is 33.5 Å². The van der Waals surface area contributed by atoms with Crippen LogP contribution >= 0.6 is 11.6 Å². The van der Waals surface area contributed by atoms with Gasteiger partial charge in [-0.2, -0.15) is 0 Å². The molecular formula is C11H8ClN3. The monoisotopic (exact) mass is 217 g/mol. The van der Waals surface area contributed by atoms with Crippen LogP contribution in [0.5, 0.6) is 0 Å². The van der Waals surface area contributed by atoms with Crippen LogP contribution in [0.4, 0.5) is 0 Å². The lowest BCUT2D eigenvalue weighted by molar-refractivity contribution is 1.22. The lowest BCUT2D eigenvalue weighted by Gasteiger charge is -1.91. The number of aromatic amines is 1. The van der Waals surface area contributed by atoms with Crippen LogP contribution in [0.1, 0.15) is 5.56 Å². The quantitative estimate of drug-likeness (QED) is 0.588. The average molecular weight is 218 g/mol. The van der Waals surface area contributed by atoms with E-state index < -0.39 is 0 Å². The third-order valence-electron chi connectivity index (χ3n) is 2.49. The summed E-state index contributed by atoms with van der Waals surface area (Å²) in [6.45, 7) is 2.05. The SMILES string of the molecule is Cc1ccc2c(c1)[nH]c1c(Cl)ncnc12. The second-order valence-corrected chi connectivity index (χ2v) is 3.92. The zero-order chi connectivity index (χ0) is 10.4. The number of aryl methyl sites for hydroxylation is 1. The summed E-state index contributed by atoms with van der Waals surface area (Å²) in [5.41, 5.74) is 3.94. The van der Waals surface area contributed by atoms with E-state index in [4.69, 9.17) is 11.6 Å². The zero-order valence-corrected chi connectivity index (χ0v) is 8.84. The van der Waals surface area contributed by atoms with Crippen LogP contribution in [-0.4, -0.2) is 15.0 Å². The van der Waals surface area contributed by atoms with Gasteiger partial charge in [-0.3, -0.25) is 0 Å². The Bertz CT molecular complexity index is 657. The summed E-state index contributed by atoms with van der Waals surface area (Å²) < 4.78 is 0. The van der Waals surface area contributed by atoms with Crippen LogP contribution in [-0.2, 0) is 0 Å². The lowest BCUT2D eigenvalue weighted by Crippen LogP contribution is -1.79. The molecule has 0 fully saturated rings. The molecule has 0 spiro atoms. The third-order valence-corrected chi connectivity index (χ3v) is 2.78. The van der Waals surface area contributed by atoms with Crippen LogP contribution < -0.4 is 0 Å². The fourth-order valence-electron chi connectivity index (χ4n) is 1.78. The molecule has 3 rings (SSSR count). The molecule has 2 heterocycles. The minimum absolute atomic E-state index is 0.467. The molecule has 0 saturated heterocycles. The van der Waals surface area contributed by atoms with E-state index in [1.165, 1.54) is 11.9 Å². The molecular weight excluding hydrogens is 210 g/mol. The third kappa shape index (κ3) is 1.20. The normalized spacial score (nSPS) is 11.3. The summed E-state index contributed by atoms with van der Waals surface area (Å²) >= 11 is 5.99. The fraction of sp³-hybridized carbons (Fsp3) is 0.0909. The van der Waals surface area contributed by atoms with E-state index in [9.17, 15) is 0 Å². The maximum Gasteiger partial charge on any atom is 0.156 e. The van der Waals surface area contributed by atoms with Gasteiger partial charge in [-0.1, -0.05) is 23.7 Å². The Labute approximate surface area is 91.1 Å². The van der Waals surface area contributed by atoms with Crippen LogP contribution in [0.25, 0.3) is 21.9 Å². The molecule has 0 amide bonds. The Balaban J connectivity index is 2.57. The Hall–Kier alpha value is -1.61. The number of benzene rings is 1. The highest BCUT2D eigenvalue weighted by atomic mass is 35.5. The minimum atomic E-state index is 0.467. The summed E-state index contributed by atoms with van der Waals surface area (Å²) in [4.78, 5) is 11.4. The standard InChI is InChI=1S/C11H8ClN3/c1-6-2-3-7-8(4-6)15-10-9(7)13-5-14-11(10)12/h2-5,15H,1H3. The Kier molecular flexibility index (Phi) is 1.70. The van der Waals surface area contributed by atoms with Gasteiger partial charge in [0.25, 0.3) is 0 Å². The highest BCUT2D eigenvalue weighted by Crippen LogP contribution is 2.27. The molecule has 0 radical (unpaired) electrons. The predicted molar refractivity (Wildman–Crippen MR) is 61.1 cm³/mol. The van der Waals surface area contributed by atoms with E-state index >= 15 is 0 Å². The summed E-state index contributed by atoms with van der Waals surface area (Å²) in [6.07, 6.45) is 1.48. The minimum Gasteiger partial charge on any atom is -0.351 e. The van der Waals surface area contributed by atoms with Crippen LogP contribution in [0.2, 0.25) is 5.15 Å². The van der Waals surface area contributed by atoms with Crippen molar-refractivity contribution in [3.8, 4) is 0 Å². The number of aromatic nitrogens is 3. The second-order valence-electron chi connectivity index (χ2n) is 3.56. The van der Waals surface area contributed by atoms with Crippen LogP contribution in [0.3, 0.4) is 0 Å². The van der Waals surface area contributed by atoms with Gasteiger partial charge in [-0.15, -0.1) is 0 Å². The maximum atomic E-state index is 5.99. The van der Waals surface area contributed by atoms with Gasteiger partial charge in [-0.05, 0) is 18.6 Å². The summed E-state index contributed by atoms with van der Waals surface area (Å²) in [6, 6.07) is 6.19. The lowest BCUT2D eigenvalue weighted by atomic mass is 10.2. The van der Waals surface area contributed by atoms with Crippen molar-refractivity contribution in [2.75, 3.05) is 0 Å². The number of fused-ring (bicyclic) bond motifs is 3. The summed E-state index contributed by atoms with van der Waals surface area (Å²) in [5, 5.41) is 1.55. The van der Waals surface area contributed by atoms with Gasteiger partial charge in [0.1, 0.15) is 17.4 Å². The van der Waals surface area contributed by atoms with E-state index in [0.717, 1.165) is 21.9 Å². The smallest absolute Gasteiger partial charge is 0.156 e. The molecule has 0 unspecified atom stereocenters. The molecule has 3 aromatic rings. The van der Waals surface area contributed by atoms with Gasteiger partial charge in [0.05, 0.1) is 0 Å². The molecule has 0 aliphatic rings. The van der Waals surface area contributed by atoms with Gasteiger partial charge in [0.15, 0.2) is 5.15 Å². The second kappa shape index (κ2) is 2.94. The number of hydrogen-bond acceptors (Lipinski definition) is 2. The number of rotatable bonds is 0. The molecule has 2 aromatic heterocycles. The zero-order valence-electron chi connectivity index (χ0n) is 8.08. The Morgan fingerprint density at radius 3 is 3.00 bits per heavy atom. The first kappa shape index (κ1) is 8.68. The fourth-order valence-corrected chi connectivity index (χ4v) is 1.96. The van der Waals surface area contributed by atoms with Crippen molar-refractivity contribution < 1.29 is 0 Å². The van der Waals surface area contributed by atoms with E-state index in [1.807, 2.05) is 6.07 Å². The first-order chi connectivity index (χ1) is 7.25. The molecule has 0 saturated carbocycles. The number of halogens is 1. The summed E-state index contributed by atoms with van der Waals surface area (Å²) in [7, 11) is 0. The number of nitrogens with zero attached hydrogens (tertiary/aromatic N) is 2. The van der Waals surface area contributed by atoms with Gasteiger partial charge in [-0.25, -0.2) is 9.97 Å². The molecule has 0 aliphatic carbocycles. The molecule has 74 valence electrons. The van der Waals surface area contributed by atoms with Crippen molar-refractivity contribution in [1.82, 2.24) is 15.0 Å². The highest BCUT2D eigenvalue weighted by molar-refractivity contribution is 6.34. The van der Waals surface area contributed by atoms with E-state index in [0.29, 0.717) is 5.15 Å². The first-order valence-electron chi connectivity index (χ1n) is 4.64. The van der Waals surface area contributed by atoms with E-state index in [1.54, 1.807) is 0 Å². The maximum absolute atomic E-state index is 5.99. The first-order valence-corrected chi connectivity index (χ1v) is 5.02. The van der Waals surface area contributed by atoms with Gasteiger partial charge < -0.3 is 4.98 Å². The highest BCUT2D eigenvalue weighted by Gasteiger charge is 2.08. The largest absolute Gasteiger partial charge is 0.351 e. The van der Waals surface area contributed by atoms with E-state index in [2.05, 4.69) is 34.0 Å². The van der Waals surface area contributed by atoms with Crippen molar-refractivity contribution in [2.24, 2.45) is 0 Å². The molecule has 0 atom stereocenters. The van der Waals surface area contributed by atoms with Crippen molar-refractivity contribution in [1.29, 1.82) is 0 Å². The molecule has 15 heavy (non-hydrogen) atoms.